The summed E-state index contributed by atoms with van der Waals surface area (Å²) in [5.74, 6) is -1.01. The van der Waals surface area contributed by atoms with E-state index in [1.54, 1.807) is 13.8 Å². The van der Waals surface area contributed by atoms with Crippen molar-refractivity contribution in [2.45, 2.75) is 49.2 Å². The van der Waals surface area contributed by atoms with Gasteiger partial charge in [-0.3, -0.25) is 20.2 Å². The summed E-state index contributed by atoms with van der Waals surface area (Å²) in [6.45, 7) is 3.28. The summed E-state index contributed by atoms with van der Waals surface area (Å²) in [5, 5.41) is 21.1. The molecule has 0 aliphatic rings. The summed E-state index contributed by atoms with van der Waals surface area (Å²) >= 11 is 0. The normalized spacial score (nSPS) is 13.3. The molecule has 0 aromatic heterocycles. The number of aliphatic hydroxyl groups excluding tert-OH is 1. The molecule has 6 rings (SSSR count). The zero-order valence-corrected chi connectivity index (χ0v) is 33.1. The number of aliphatic hydroxyl groups is 1. The minimum atomic E-state index is -0.942. The molecule has 6 aromatic rings. The molecule has 0 aliphatic heterocycles. The second-order valence-electron chi connectivity index (χ2n) is 13.7. The molecule has 3 N–H and O–H groups in total. The topological polar surface area (TPSA) is 146 Å². The number of methoxy groups -OCH3 is 2. The van der Waals surface area contributed by atoms with E-state index in [-0.39, 0.29) is 0 Å². The van der Waals surface area contributed by atoms with Crippen molar-refractivity contribution in [1.29, 1.82) is 0 Å². The maximum Gasteiger partial charge on any atom is 0.325 e. The molecule has 0 amide bonds. The van der Waals surface area contributed by atoms with E-state index >= 15 is 0 Å². The Morgan fingerprint density at radius 3 is 0.983 bits per heavy atom. The molecule has 0 aliphatic carbocycles. The number of nitrogens with one attached hydrogen (secondary N) is 2. The van der Waals surface area contributed by atoms with Gasteiger partial charge in [0.15, 0.2) is 0 Å². The van der Waals surface area contributed by atoms with Gasteiger partial charge in [-0.2, -0.15) is 0 Å². The Kier molecular flexibility index (Phi) is 15.1. The average molecular weight is 776 g/mol. The SMILES string of the molecule is COC(=O)[C@@H](NC(c1ccccc1)(c1ccccc1)c1ccccc1)[C@@H](C)N=[N+]=[N-].COC(=O)[C@@H](NC(c1ccccc1)(c1ccccc1)c1ccccc1)[C@H](C)O. The average Bonchev–Trinajstić information content (AvgIpc) is 3.29. The van der Waals surface area contributed by atoms with Crippen molar-refractivity contribution >= 4 is 11.9 Å². The number of esters is 2. The molecule has 0 heterocycles. The van der Waals surface area contributed by atoms with Crippen molar-refractivity contribution in [1.82, 2.24) is 10.6 Å². The Bertz CT molecular complexity index is 2010. The summed E-state index contributed by atoms with van der Waals surface area (Å²) < 4.78 is 10.0. The number of hydrogen-bond acceptors (Lipinski definition) is 8. The van der Waals surface area contributed by atoms with Crippen LogP contribution in [0.15, 0.2) is 187 Å². The lowest BCUT2D eigenvalue weighted by Crippen LogP contribution is -2.56. The first-order chi connectivity index (χ1) is 28.2. The predicted octanol–water partition coefficient (Wildman–Crippen LogP) is 8.30. The molecule has 0 unspecified atom stereocenters. The van der Waals surface area contributed by atoms with Crippen LogP contribution in [0, 0.1) is 0 Å². The van der Waals surface area contributed by atoms with Crippen molar-refractivity contribution in [2.24, 2.45) is 5.11 Å². The lowest BCUT2D eigenvalue weighted by atomic mass is 9.76. The molecule has 10 nitrogen and oxygen atoms in total. The van der Waals surface area contributed by atoms with Crippen LogP contribution in [0.2, 0.25) is 0 Å². The van der Waals surface area contributed by atoms with Gasteiger partial charge in [0.25, 0.3) is 0 Å². The molecule has 4 atom stereocenters. The molecule has 0 saturated carbocycles. The van der Waals surface area contributed by atoms with E-state index in [9.17, 15) is 14.7 Å². The summed E-state index contributed by atoms with van der Waals surface area (Å²) in [6, 6.07) is 57.0. The quantitative estimate of drug-likeness (QED) is 0.0313. The Hall–Kier alpha value is -6.55. The zero-order chi connectivity index (χ0) is 41.4. The van der Waals surface area contributed by atoms with Crippen molar-refractivity contribution in [3.63, 3.8) is 0 Å². The van der Waals surface area contributed by atoms with E-state index in [0.717, 1.165) is 33.4 Å². The molecular weight excluding hydrogens is 727 g/mol. The van der Waals surface area contributed by atoms with Crippen molar-refractivity contribution in [3.8, 4) is 0 Å². The molecule has 0 saturated heterocycles. The Labute approximate surface area is 340 Å². The predicted molar refractivity (Wildman–Crippen MR) is 227 cm³/mol. The van der Waals surface area contributed by atoms with Crippen LogP contribution in [-0.4, -0.2) is 55.5 Å². The van der Waals surface area contributed by atoms with Gasteiger partial charge >= 0.3 is 11.9 Å². The van der Waals surface area contributed by atoms with Crippen molar-refractivity contribution < 1.29 is 24.2 Å². The number of benzene rings is 6. The highest BCUT2D eigenvalue weighted by Gasteiger charge is 2.43. The van der Waals surface area contributed by atoms with Crippen LogP contribution in [0.5, 0.6) is 0 Å². The molecule has 6 aromatic carbocycles. The Balaban J connectivity index is 0.000000221. The van der Waals surface area contributed by atoms with Gasteiger partial charge in [-0.15, -0.1) is 0 Å². The van der Waals surface area contributed by atoms with Crippen LogP contribution >= 0.6 is 0 Å². The third-order valence-corrected chi connectivity index (χ3v) is 10.1. The summed E-state index contributed by atoms with van der Waals surface area (Å²) in [6.07, 6.45) is -0.942. The van der Waals surface area contributed by atoms with Gasteiger partial charge in [-0.05, 0) is 45.8 Å². The van der Waals surface area contributed by atoms with Gasteiger partial charge in [-0.1, -0.05) is 194 Å². The highest BCUT2D eigenvalue weighted by Crippen LogP contribution is 2.39. The van der Waals surface area contributed by atoms with E-state index in [0.29, 0.717) is 0 Å². The van der Waals surface area contributed by atoms with Crippen LogP contribution in [0.4, 0.5) is 0 Å². The van der Waals surface area contributed by atoms with E-state index in [2.05, 4.69) is 20.7 Å². The molecule has 0 spiro atoms. The number of hydrogen-bond donors (Lipinski definition) is 3. The Morgan fingerprint density at radius 1 is 0.517 bits per heavy atom. The Morgan fingerprint density at radius 2 is 0.759 bits per heavy atom. The molecule has 10 heteroatoms. The monoisotopic (exact) mass is 775 g/mol. The fraction of sp³-hybridized carbons (Fsp3) is 0.208. The van der Waals surface area contributed by atoms with E-state index < -0.39 is 47.2 Å². The first-order valence-corrected chi connectivity index (χ1v) is 19.0. The highest BCUT2D eigenvalue weighted by atomic mass is 16.5. The lowest BCUT2D eigenvalue weighted by Gasteiger charge is -2.40. The first-order valence-electron chi connectivity index (χ1n) is 19.0. The standard InChI is InChI=1S/C24H24N4O2.C24H25NO3/c1-18(27-28-25)22(23(29)30-2)26-24(19-12-6-3-7-13-19,20-14-8-4-9-15-20)21-16-10-5-11-17-21;1-18(26)22(23(27)28-2)25-24(19-12-6-3-7-13-19,20-14-8-4-9-15-20)21-16-10-5-11-17-21/h3-18,22,26H,1-2H3;3-18,22,25-26H,1-2H3/t18-,22+;18-,22-/m10/s1. The van der Waals surface area contributed by atoms with E-state index in [4.69, 9.17) is 15.0 Å². The van der Waals surface area contributed by atoms with Gasteiger partial charge in [0.1, 0.15) is 12.1 Å². The maximum absolute atomic E-state index is 12.7. The minimum Gasteiger partial charge on any atom is -0.468 e. The molecule has 0 fully saturated rings. The zero-order valence-electron chi connectivity index (χ0n) is 33.1. The van der Waals surface area contributed by atoms with Gasteiger partial charge in [0.2, 0.25) is 0 Å². The molecular formula is C48H49N5O5. The fourth-order valence-corrected chi connectivity index (χ4v) is 7.25. The molecule has 0 radical (unpaired) electrons. The van der Waals surface area contributed by atoms with Gasteiger partial charge in [0, 0.05) is 4.91 Å². The molecule has 0 bridgehead atoms. The van der Waals surface area contributed by atoms with Crippen LogP contribution in [0.3, 0.4) is 0 Å². The minimum absolute atomic E-state index is 0.498. The maximum atomic E-state index is 12.7. The lowest BCUT2D eigenvalue weighted by molar-refractivity contribution is -0.146. The number of carbonyl (C=O) groups excluding carboxylic acids is 2. The summed E-state index contributed by atoms with van der Waals surface area (Å²) in [4.78, 5) is 28.1. The summed E-state index contributed by atoms with van der Waals surface area (Å²) in [7, 11) is 2.66. The van der Waals surface area contributed by atoms with Crippen LogP contribution in [0.1, 0.15) is 47.2 Å². The summed E-state index contributed by atoms with van der Waals surface area (Å²) in [5.41, 5.74) is 13.0. The first kappa shape index (κ1) is 42.6. The van der Waals surface area contributed by atoms with Crippen LogP contribution in [-0.2, 0) is 30.1 Å². The second-order valence-corrected chi connectivity index (χ2v) is 13.7. The fourth-order valence-electron chi connectivity index (χ4n) is 7.25. The smallest absolute Gasteiger partial charge is 0.325 e. The van der Waals surface area contributed by atoms with Crippen molar-refractivity contribution in [3.05, 3.63) is 226 Å². The van der Waals surface area contributed by atoms with Gasteiger partial charge in [-0.25, -0.2) is 0 Å². The number of rotatable bonds is 15. The number of ether oxygens (including phenoxy) is 2. The van der Waals surface area contributed by atoms with Crippen LogP contribution < -0.4 is 10.6 Å². The largest absolute Gasteiger partial charge is 0.468 e. The van der Waals surface area contributed by atoms with E-state index in [1.165, 1.54) is 14.2 Å². The molecule has 58 heavy (non-hydrogen) atoms. The number of azide groups is 1. The van der Waals surface area contributed by atoms with Gasteiger partial charge < -0.3 is 14.6 Å². The van der Waals surface area contributed by atoms with Crippen molar-refractivity contribution in [2.75, 3.05) is 14.2 Å². The molecule has 296 valence electrons. The number of carbonyl (C=O) groups is 2. The van der Waals surface area contributed by atoms with E-state index in [1.807, 2.05) is 182 Å². The highest BCUT2D eigenvalue weighted by molar-refractivity contribution is 5.78. The second kappa shape index (κ2) is 20.6. The van der Waals surface area contributed by atoms with Crippen LogP contribution in [0.25, 0.3) is 10.4 Å². The third-order valence-electron chi connectivity index (χ3n) is 10.1. The number of nitrogens with zero attached hydrogens (tertiary/aromatic N) is 3. The third kappa shape index (κ3) is 9.52. The van der Waals surface area contributed by atoms with Gasteiger partial charge in [0.05, 0.1) is 37.4 Å².